The number of likely N-dealkylation sites (N-methyl/N-ethyl adjacent to an activating group) is 1. The van der Waals surface area contributed by atoms with Crippen LogP contribution in [0.25, 0.3) is 0 Å². The Kier molecular flexibility index (Phi) is 5.28. The van der Waals surface area contributed by atoms with Gasteiger partial charge in [0.05, 0.1) is 6.54 Å². The first-order chi connectivity index (χ1) is 8.40. The smallest absolute Gasteiger partial charge is 0.141 e. The van der Waals surface area contributed by atoms with Crippen molar-refractivity contribution in [2.45, 2.75) is 53.2 Å². The normalized spacial score (nSPS) is 12.7. The van der Waals surface area contributed by atoms with Gasteiger partial charge >= 0.3 is 0 Å². The van der Waals surface area contributed by atoms with E-state index in [9.17, 15) is 0 Å². The quantitative estimate of drug-likeness (QED) is 0.800. The standard InChI is InChI=1S/C13H27N5/c1-6-17(13(4,5)9-14)8-12-15-10-16-18(12)7-11(2)3/h10-11H,6-9,14H2,1-5H3. The summed E-state index contributed by atoms with van der Waals surface area (Å²) in [7, 11) is 0. The second-order valence-corrected chi connectivity index (χ2v) is 5.78. The molecule has 0 atom stereocenters. The fourth-order valence-electron chi connectivity index (χ4n) is 1.96. The van der Waals surface area contributed by atoms with Crippen LogP contribution in [-0.2, 0) is 13.1 Å². The Balaban J connectivity index is 2.79. The van der Waals surface area contributed by atoms with Crippen LogP contribution in [0.2, 0.25) is 0 Å². The van der Waals surface area contributed by atoms with Gasteiger partial charge in [-0.2, -0.15) is 5.10 Å². The lowest BCUT2D eigenvalue weighted by atomic mass is 10.0. The molecule has 5 nitrogen and oxygen atoms in total. The van der Waals surface area contributed by atoms with Gasteiger partial charge in [0.15, 0.2) is 0 Å². The van der Waals surface area contributed by atoms with Crippen molar-refractivity contribution < 1.29 is 0 Å². The molecule has 1 aromatic rings. The predicted octanol–water partition coefficient (Wildman–Crippen LogP) is 1.49. The average Bonchev–Trinajstić information content (AvgIpc) is 2.72. The van der Waals surface area contributed by atoms with Gasteiger partial charge in [-0.15, -0.1) is 0 Å². The third-order valence-corrected chi connectivity index (χ3v) is 3.30. The molecule has 0 unspecified atom stereocenters. The van der Waals surface area contributed by atoms with Crippen molar-refractivity contribution in [1.82, 2.24) is 19.7 Å². The van der Waals surface area contributed by atoms with Crippen LogP contribution in [0, 0.1) is 5.92 Å². The zero-order valence-corrected chi connectivity index (χ0v) is 12.3. The molecule has 0 saturated carbocycles. The zero-order chi connectivity index (χ0) is 13.8. The molecule has 0 aromatic carbocycles. The Bertz CT molecular complexity index is 356. The van der Waals surface area contributed by atoms with Crippen LogP contribution in [0.4, 0.5) is 0 Å². The van der Waals surface area contributed by atoms with Crippen LogP contribution < -0.4 is 5.73 Å². The highest BCUT2D eigenvalue weighted by Gasteiger charge is 2.25. The first-order valence-corrected chi connectivity index (χ1v) is 6.72. The van der Waals surface area contributed by atoms with Gasteiger partial charge in [-0.1, -0.05) is 20.8 Å². The molecule has 1 heterocycles. The molecule has 1 rings (SSSR count). The van der Waals surface area contributed by atoms with Gasteiger partial charge in [0.1, 0.15) is 12.2 Å². The van der Waals surface area contributed by atoms with Crippen LogP contribution in [0.3, 0.4) is 0 Å². The molecule has 0 spiro atoms. The minimum Gasteiger partial charge on any atom is -0.329 e. The monoisotopic (exact) mass is 253 g/mol. The van der Waals surface area contributed by atoms with Gasteiger partial charge < -0.3 is 5.73 Å². The fraction of sp³-hybridized carbons (Fsp3) is 0.846. The van der Waals surface area contributed by atoms with Crippen LogP contribution in [0.1, 0.15) is 40.4 Å². The van der Waals surface area contributed by atoms with E-state index in [1.807, 2.05) is 4.68 Å². The Morgan fingerprint density at radius 2 is 2.11 bits per heavy atom. The lowest BCUT2D eigenvalue weighted by Gasteiger charge is -2.36. The highest BCUT2D eigenvalue weighted by atomic mass is 15.4. The summed E-state index contributed by atoms with van der Waals surface area (Å²) in [6.07, 6.45) is 1.64. The number of hydrogen-bond acceptors (Lipinski definition) is 4. The third-order valence-electron chi connectivity index (χ3n) is 3.30. The van der Waals surface area contributed by atoms with E-state index in [1.54, 1.807) is 6.33 Å². The molecule has 0 aliphatic heterocycles. The molecular formula is C13H27N5. The molecule has 0 radical (unpaired) electrons. The van der Waals surface area contributed by atoms with Gasteiger partial charge in [-0.25, -0.2) is 9.67 Å². The van der Waals surface area contributed by atoms with Gasteiger partial charge in [0.25, 0.3) is 0 Å². The molecule has 0 saturated heterocycles. The van der Waals surface area contributed by atoms with E-state index in [1.165, 1.54) is 0 Å². The SMILES string of the molecule is CCN(Cc1ncnn1CC(C)C)C(C)(C)CN. The summed E-state index contributed by atoms with van der Waals surface area (Å²) in [5.74, 6) is 1.59. The third kappa shape index (κ3) is 3.78. The van der Waals surface area contributed by atoms with Crippen molar-refractivity contribution >= 4 is 0 Å². The lowest BCUT2D eigenvalue weighted by molar-refractivity contribution is 0.120. The van der Waals surface area contributed by atoms with E-state index in [0.29, 0.717) is 12.5 Å². The maximum absolute atomic E-state index is 5.85. The molecule has 5 heteroatoms. The molecule has 0 bridgehead atoms. The van der Waals surface area contributed by atoms with Gasteiger partial charge in [-0.3, -0.25) is 4.90 Å². The summed E-state index contributed by atoms with van der Waals surface area (Å²) in [4.78, 5) is 6.72. The molecule has 1 aromatic heterocycles. The Hall–Kier alpha value is -0.940. The lowest BCUT2D eigenvalue weighted by Crippen LogP contribution is -2.49. The van der Waals surface area contributed by atoms with Crippen molar-refractivity contribution in [3.63, 3.8) is 0 Å². The predicted molar refractivity (Wildman–Crippen MR) is 74.1 cm³/mol. The minimum absolute atomic E-state index is 0.0106. The fourth-order valence-corrected chi connectivity index (χ4v) is 1.96. The highest BCUT2D eigenvalue weighted by molar-refractivity contribution is 4.90. The van der Waals surface area contributed by atoms with Crippen LogP contribution in [-0.4, -0.2) is 38.3 Å². The Labute approximate surface area is 110 Å². The number of rotatable bonds is 7. The molecular weight excluding hydrogens is 226 g/mol. The number of hydrogen-bond donors (Lipinski definition) is 1. The minimum atomic E-state index is -0.0106. The van der Waals surface area contributed by atoms with Crippen molar-refractivity contribution in [3.8, 4) is 0 Å². The van der Waals surface area contributed by atoms with E-state index in [4.69, 9.17) is 5.73 Å². The first-order valence-electron chi connectivity index (χ1n) is 6.72. The van der Waals surface area contributed by atoms with E-state index < -0.39 is 0 Å². The summed E-state index contributed by atoms with van der Waals surface area (Å²) in [5, 5.41) is 4.30. The maximum Gasteiger partial charge on any atom is 0.141 e. The molecule has 18 heavy (non-hydrogen) atoms. The van der Waals surface area contributed by atoms with E-state index >= 15 is 0 Å². The molecule has 0 aliphatic rings. The zero-order valence-electron chi connectivity index (χ0n) is 12.3. The average molecular weight is 253 g/mol. The Morgan fingerprint density at radius 1 is 1.44 bits per heavy atom. The van der Waals surface area contributed by atoms with Crippen molar-refractivity contribution in [2.24, 2.45) is 11.7 Å². The summed E-state index contributed by atoms with van der Waals surface area (Å²) >= 11 is 0. The van der Waals surface area contributed by atoms with Crippen LogP contribution in [0.5, 0.6) is 0 Å². The summed E-state index contributed by atoms with van der Waals surface area (Å²) in [6, 6.07) is 0. The first kappa shape index (κ1) is 15.1. The van der Waals surface area contributed by atoms with E-state index in [2.05, 4.69) is 49.6 Å². The van der Waals surface area contributed by atoms with E-state index in [0.717, 1.165) is 25.5 Å². The molecule has 0 fully saturated rings. The molecule has 0 aliphatic carbocycles. The largest absolute Gasteiger partial charge is 0.329 e. The summed E-state index contributed by atoms with van der Waals surface area (Å²) in [5.41, 5.74) is 5.84. The number of nitrogens with zero attached hydrogens (tertiary/aromatic N) is 4. The highest BCUT2D eigenvalue weighted by Crippen LogP contribution is 2.15. The molecule has 0 amide bonds. The summed E-state index contributed by atoms with van der Waals surface area (Å²) < 4.78 is 2.00. The number of aromatic nitrogens is 3. The molecule has 2 N–H and O–H groups in total. The maximum atomic E-state index is 5.85. The number of nitrogens with two attached hydrogens (primary N) is 1. The second kappa shape index (κ2) is 6.29. The van der Waals surface area contributed by atoms with Crippen molar-refractivity contribution in [1.29, 1.82) is 0 Å². The van der Waals surface area contributed by atoms with Crippen molar-refractivity contribution in [3.05, 3.63) is 12.2 Å². The Morgan fingerprint density at radius 3 is 2.61 bits per heavy atom. The topological polar surface area (TPSA) is 60.0 Å². The van der Waals surface area contributed by atoms with Gasteiger partial charge in [0.2, 0.25) is 0 Å². The summed E-state index contributed by atoms with van der Waals surface area (Å²) in [6.45, 7) is 14.2. The van der Waals surface area contributed by atoms with E-state index in [-0.39, 0.29) is 5.54 Å². The molecule has 104 valence electrons. The van der Waals surface area contributed by atoms with Crippen LogP contribution >= 0.6 is 0 Å². The second-order valence-electron chi connectivity index (χ2n) is 5.78. The van der Waals surface area contributed by atoms with Crippen LogP contribution in [0.15, 0.2) is 6.33 Å². The van der Waals surface area contributed by atoms with Crippen molar-refractivity contribution in [2.75, 3.05) is 13.1 Å². The van der Waals surface area contributed by atoms with Gasteiger partial charge in [0, 0.05) is 18.6 Å². The van der Waals surface area contributed by atoms with Gasteiger partial charge in [-0.05, 0) is 26.3 Å².